The van der Waals surface area contributed by atoms with Crippen LogP contribution < -0.4 is 0 Å². The minimum Gasteiger partial charge on any atom is -0.376 e. The van der Waals surface area contributed by atoms with E-state index >= 15 is 0 Å². The van der Waals surface area contributed by atoms with Crippen molar-refractivity contribution in [2.24, 2.45) is 0 Å². The number of hydrogen-bond donors (Lipinski definition) is 0. The molecule has 2 aliphatic rings. The summed E-state index contributed by atoms with van der Waals surface area (Å²) in [5, 5.41) is 12.7. The molecule has 2 saturated heterocycles. The smallest absolute Gasteiger partial charge is 0.168 e. The molecule has 3 heterocycles. The molecule has 7 heteroatoms. The van der Waals surface area contributed by atoms with Crippen molar-refractivity contribution >= 4 is 0 Å². The largest absolute Gasteiger partial charge is 0.376 e. The minimum absolute atomic E-state index is 0.274. The van der Waals surface area contributed by atoms with Crippen LogP contribution in [0.15, 0.2) is 0 Å². The topological polar surface area (TPSA) is 59.3 Å². The van der Waals surface area contributed by atoms with Crippen LogP contribution in [0.3, 0.4) is 0 Å². The lowest BCUT2D eigenvalue weighted by atomic mass is 10.1. The molecule has 0 bridgehead atoms. The molecule has 0 amide bonds. The third-order valence-corrected chi connectivity index (χ3v) is 5.38. The number of unbranched alkanes of at least 4 members (excludes halogenated alkanes) is 1. The maximum absolute atomic E-state index is 5.78. The predicted molar refractivity (Wildman–Crippen MR) is 92.7 cm³/mol. The first kappa shape index (κ1) is 17.8. The zero-order valence-corrected chi connectivity index (χ0v) is 15.2. The molecule has 1 aromatic rings. The molecule has 0 radical (unpaired) electrons. The number of nitrogens with zero attached hydrogens (tertiary/aromatic N) is 6. The van der Waals surface area contributed by atoms with Crippen molar-refractivity contribution in [3.63, 3.8) is 0 Å². The number of aromatic nitrogens is 4. The maximum atomic E-state index is 5.78. The van der Waals surface area contributed by atoms with Gasteiger partial charge in [-0.3, -0.25) is 4.90 Å². The van der Waals surface area contributed by atoms with Gasteiger partial charge in [0.05, 0.1) is 18.7 Å². The van der Waals surface area contributed by atoms with Gasteiger partial charge in [-0.15, -0.1) is 5.10 Å². The van der Waals surface area contributed by atoms with Crippen molar-refractivity contribution < 1.29 is 4.74 Å². The Labute approximate surface area is 145 Å². The van der Waals surface area contributed by atoms with Crippen LogP contribution in [0.1, 0.15) is 57.8 Å². The average Bonchev–Trinajstić information content (AvgIpc) is 3.29. The van der Waals surface area contributed by atoms with Crippen molar-refractivity contribution in [3.05, 3.63) is 5.82 Å². The monoisotopic (exact) mass is 336 g/mol. The van der Waals surface area contributed by atoms with Gasteiger partial charge in [0, 0.05) is 32.8 Å². The van der Waals surface area contributed by atoms with E-state index in [0.717, 1.165) is 71.0 Å². The summed E-state index contributed by atoms with van der Waals surface area (Å²) in [6.07, 6.45) is 6.10. The first-order valence-electron chi connectivity index (χ1n) is 9.65. The zero-order valence-electron chi connectivity index (χ0n) is 15.2. The summed E-state index contributed by atoms with van der Waals surface area (Å²) in [6.45, 7) is 11.8. The fourth-order valence-electron chi connectivity index (χ4n) is 3.83. The summed E-state index contributed by atoms with van der Waals surface area (Å²) in [5.41, 5.74) is 0. The van der Waals surface area contributed by atoms with Crippen molar-refractivity contribution in [2.45, 2.75) is 64.6 Å². The molecule has 2 fully saturated rings. The Morgan fingerprint density at radius 2 is 2.04 bits per heavy atom. The minimum atomic E-state index is 0.274. The third kappa shape index (κ3) is 4.32. The van der Waals surface area contributed by atoms with Crippen molar-refractivity contribution in [2.75, 3.05) is 39.3 Å². The summed E-state index contributed by atoms with van der Waals surface area (Å²) < 4.78 is 7.78. The molecule has 3 rings (SSSR count). The highest BCUT2D eigenvalue weighted by Gasteiger charge is 2.29. The van der Waals surface area contributed by atoms with Crippen LogP contribution in [0.5, 0.6) is 0 Å². The van der Waals surface area contributed by atoms with Gasteiger partial charge in [-0.25, -0.2) is 4.68 Å². The Morgan fingerprint density at radius 3 is 2.71 bits per heavy atom. The van der Waals surface area contributed by atoms with Gasteiger partial charge in [-0.2, -0.15) is 0 Å². The van der Waals surface area contributed by atoms with Crippen LogP contribution in [0.2, 0.25) is 0 Å². The molecule has 0 saturated carbocycles. The van der Waals surface area contributed by atoms with Crippen LogP contribution in [0.25, 0.3) is 0 Å². The zero-order chi connectivity index (χ0) is 16.8. The summed E-state index contributed by atoms with van der Waals surface area (Å²) >= 11 is 0. The molecule has 24 heavy (non-hydrogen) atoms. The van der Waals surface area contributed by atoms with Gasteiger partial charge in [-0.05, 0) is 36.2 Å². The van der Waals surface area contributed by atoms with Crippen molar-refractivity contribution in [3.8, 4) is 0 Å². The van der Waals surface area contributed by atoms with Crippen LogP contribution >= 0.6 is 0 Å². The first-order chi connectivity index (χ1) is 11.8. The quantitative estimate of drug-likeness (QED) is 0.720. The molecular formula is C17H32N6O. The number of piperazine rings is 1. The van der Waals surface area contributed by atoms with E-state index in [-0.39, 0.29) is 6.10 Å². The highest BCUT2D eigenvalue weighted by atomic mass is 16.5. The standard InChI is InChI=1S/C17H32N6O/c1-3-5-8-16(22-11-9-21(4-2)10-12-22)17-18-19-20-23(17)14-15-7-6-13-24-15/h15-16H,3-14H2,1-2H3/t15-,16+/m1/s1. The highest BCUT2D eigenvalue weighted by molar-refractivity contribution is 4.95. The SMILES string of the molecule is CCCC[C@@H](c1nnnn1C[C@H]1CCCO1)N1CCN(CC)CC1. The first-order valence-corrected chi connectivity index (χ1v) is 9.65. The van der Waals surface area contributed by atoms with E-state index in [1.165, 1.54) is 12.8 Å². The van der Waals surface area contributed by atoms with E-state index < -0.39 is 0 Å². The van der Waals surface area contributed by atoms with Gasteiger partial charge in [0.2, 0.25) is 0 Å². The van der Waals surface area contributed by atoms with E-state index in [1.54, 1.807) is 0 Å². The Morgan fingerprint density at radius 1 is 1.21 bits per heavy atom. The lowest BCUT2D eigenvalue weighted by Crippen LogP contribution is -2.48. The van der Waals surface area contributed by atoms with Crippen LogP contribution in [-0.4, -0.2) is 75.4 Å². The Balaban J connectivity index is 1.70. The summed E-state index contributed by atoms with van der Waals surface area (Å²) in [6, 6.07) is 0.334. The second kappa shape index (κ2) is 8.87. The fourth-order valence-corrected chi connectivity index (χ4v) is 3.83. The van der Waals surface area contributed by atoms with E-state index in [9.17, 15) is 0 Å². The number of rotatable bonds is 8. The summed E-state index contributed by atoms with van der Waals surface area (Å²) in [4.78, 5) is 5.10. The lowest BCUT2D eigenvalue weighted by Gasteiger charge is -2.38. The molecular weight excluding hydrogens is 304 g/mol. The van der Waals surface area contributed by atoms with Crippen molar-refractivity contribution in [1.29, 1.82) is 0 Å². The van der Waals surface area contributed by atoms with Crippen molar-refractivity contribution in [1.82, 2.24) is 30.0 Å². The predicted octanol–water partition coefficient (Wildman–Crippen LogP) is 1.72. The van der Waals surface area contributed by atoms with Gasteiger partial charge >= 0.3 is 0 Å². The van der Waals surface area contributed by atoms with Crippen LogP contribution in [0.4, 0.5) is 0 Å². The molecule has 0 unspecified atom stereocenters. The summed E-state index contributed by atoms with van der Waals surface area (Å²) in [7, 11) is 0. The van der Waals surface area contributed by atoms with Gasteiger partial charge in [0.25, 0.3) is 0 Å². The summed E-state index contributed by atoms with van der Waals surface area (Å²) in [5.74, 6) is 1.03. The lowest BCUT2D eigenvalue weighted by molar-refractivity contribution is 0.0770. The molecule has 0 aliphatic carbocycles. The van der Waals surface area contributed by atoms with Gasteiger partial charge in [-0.1, -0.05) is 26.7 Å². The number of ether oxygens (including phenoxy) is 1. The Kier molecular flexibility index (Phi) is 6.57. The number of tetrazole rings is 1. The average molecular weight is 336 g/mol. The Hall–Kier alpha value is -1.05. The number of hydrogen-bond acceptors (Lipinski definition) is 6. The third-order valence-electron chi connectivity index (χ3n) is 5.38. The molecule has 7 nitrogen and oxygen atoms in total. The maximum Gasteiger partial charge on any atom is 0.168 e. The van der Waals surface area contributed by atoms with Gasteiger partial charge in [0.15, 0.2) is 5.82 Å². The molecule has 0 spiro atoms. The highest BCUT2D eigenvalue weighted by Crippen LogP contribution is 2.26. The van der Waals surface area contributed by atoms with E-state index in [1.807, 2.05) is 4.68 Å². The van der Waals surface area contributed by atoms with Gasteiger partial charge < -0.3 is 9.64 Å². The second-order valence-electron chi connectivity index (χ2n) is 6.98. The molecule has 2 aliphatic heterocycles. The second-order valence-corrected chi connectivity index (χ2v) is 6.98. The van der Waals surface area contributed by atoms with E-state index in [4.69, 9.17) is 4.74 Å². The molecule has 2 atom stereocenters. The van der Waals surface area contributed by atoms with Gasteiger partial charge in [0.1, 0.15) is 0 Å². The van der Waals surface area contributed by atoms with E-state index in [0.29, 0.717) is 6.04 Å². The molecule has 0 aromatic carbocycles. The van der Waals surface area contributed by atoms with E-state index in [2.05, 4.69) is 39.2 Å². The fraction of sp³-hybridized carbons (Fsp3) is 0.941. The molecule has 0 N–H and O–H groups in total. The van der Waals surface area contributed by atoms with Crippen LogP contribution in [-0.2, 0) is 11.3 Å². The Bertz CT molecular complexity index is 479. The molecule has 1 aromatic heterocycles. The normalized spacial score (nSPS) is 24.5. The van der Waals surface area contributed by atoms with Crippen LogP contribution in [0, 0.1) is 0 Å². The number of likely N-dealkylation sites (N-methyl/N-ethyl adjacent to an activating group) is 1. The molecule has 136 valence electrons.